The summed E-state index contributed by atoms with van der Waals surface area (Å²) < 4.78 is 41.3. The second-order valence-electron chi connectivity index (χ2n) is 9.30. The van der Waals surface area contributed by atoms with Gasteiger partial charge in [-0.3, -0.25) is 4.90 Å². The van der Waals surface area contributed by atoms with Crippen LogP contribution >= 0.6 is 0 Å². The predicted molar refractivity (Wildman–Crippen MR) is 117 cm³/mol. The minimum Gasteiger partial charge on any atom is -0.371 e. The molecule has 0 atom stereocenters. The van der Waals surface area contributed by atoms with Crippen LogP contribution in [-0.4, -0.2) is 68.9 Å². The first-order valence-electron chi connectivity index (χ1n) is 11.7. The molecule has 3 fully saturated rings. The quantitative estimate of drug-likeness (QED) is 0.673. The molecular weight excluding hydrogens is 433 g/mol. The molecule has 2 saturated heterocycles. The van der Waals surface area contributed by atoms with Crippen molar-refractivity contribution in [3.8, 4) is 0 Å². The molecule has 0 radical (unpaired) electrons. The molecular formula is C23H29F3N6O. The lowest BCUT2D eigenvalue weighted by molar-refractivity contribution is -0.137. The zero-order valence-electron chi connectivity index (χ0n) is 18.5. The van der Waals surface area contributed by atoms with Gasteiger partial charge in [0.05, 0.1) is 5.56 Å². The van der Waals surface area contributed by atoms with Crippen LogP contribution in [0.1, 0.15) is 49.7 Å². The summed E-state index contributed by atoms with van der Waals surface area (Å²) in [5.41, 5.74) is 1.07. The molecule has 10 heteroatoms. The fraction of sp³-hybridized carbons (Fsp3) is 0.609. The highest BCUT2D eigenvalue weighted by Gasteiger charge is 2.39. The number of carbonyl (C=O) groups is 1. The van der Waals surface area contributed by atoms with E-state index in [2.05, 4.69) is 19.9 Å². The van der Waals surface area contributed by atoms with Gasteiger partial charge in [-0.25, -0.2) is 9.78 Å². The van der Waals surface area contributed by atoms with Crippen molar-refractivity contribution in [2.75, 3.05) is 31.1 Å². The van der Waals surface area contributed by atoms with E-state index in [1.807, 2.05) is 4.90 Å². The lowest BCUT2D eigenvalue weighted by Crippen LogP contribution is -2.49. The van der Waals surface area contributed by atoms with Gasteiger partial charge in [-0.1, -0.05) is 6.07 Å². The summed E-state index contributed by atoms with van der Waals surface area (Å²) in [5, 5.41) is 4.00. The number of hydrogen-bond acceptors (Lipinski definition) is 5. The topological polar surface area (TPSA) is 57.5 Å². The summed E-state index contributed by atoms with van der Waals surface area (Å²) >= 11 is 0. The molecule has 1 aliphatic carbocycles. The number of anilines is 1. The van der Waals surface area contributed by atoms with E-state index in [0.717, 1.165) is 70.3 Å². The third kappa shape index (κ3) is 4.85. The lowest BCUT2D eigenvalue weighted by Gasteiger charge is -2.39. The second kappa shape index (κ2) is 8.96. The van der Waals surface area contributed by atoms with Crippen LogP contribution in [-0.2, 0) is 12.7 Å². The number of nitrogens with zero attached hydrogens (tertiary/aromatic N) is 6. The lowest BCUT2D eigenvalue weighted by atomic mass is 10.0. The number of benzene rings is 1. The number of likely N-dealkylation sites (tertiary alicyclic amines) is 1. The number of halogens is 3. The zero-order chi connectivity index (χ0) is 23.0. The number of carbonyl (C=O) groups excluding carboxylic acids is 1. The van der Waals surface area contributed by atoms with Crippen LogP contribution in [0.3, 0.4) is 0 Å². The van der Waals surface area contributed by atoms with Crippen molar-refractivity contribution < 1.29 is 18.0 Å². The molecule has 33 heavy (non-hydrogen) atoms. The zero-order valence-corrected chi connectivity index (χ0v) is 18.5. The Hall–Kier alpha value is -2.62. The van der Waals surface area contributed by atoms with Crippen LogP contribution in [0, 0.1) is 0 Å². The highest BCUT2D eigenvalue weighted by Crippen LogP contribution is 2.36. The second-order valence-corrected chi connectivity index (χ2v) is 9.30. The maximum Gasteiger partial charge on any atom is 0.416 e. The SMILES string of the molecule is O=C(N(C1CC1)C1CCN(Cc2ccc(C(F)(F)F)cc2N2CCCC2)CC1)n1cncn1. The number of alkyl halides is 3. The summed E-state index contributed by atoms with van der Waals surface area (Å²) in [6.07, 6.45) is 4.22. The van der Waals surface area contributed by atoms with Gasteiger partial charge in [-0.15, -0.1) is 0 Å². The van der Waals surface area contributed by atoms with Crippen molar-refractivity contribution in [1.29, 1.82) is 0 Å². The van der Waals surface area contributed by atoms with Gasteiger partial charge in [0.1, 0.15) is 12.7 Å². The van der Waals surface area contributed by atoms with E-state index in [1.54, 1.807) is 6.07 Å². The van der Waals surface area contributed by atoms with Crippen LogP contribution in [0.4, 0.5) is 23.7 Å². The minimum absolute atomic E-state index is 0.118. The van der Waals surface area contributed by atoms with E-state index >= 15 is 0 Å². The van der Waals surface area contributed by atoms with E-state index in [4.69, 9.17) is 0 Å². The molecule has 1 saturated carbocycles. The van der Waals surface area contributed by atoms with Crippen molar-refractivity contribution in [3.63, 3.8) is 0 Å². The van der Waals surface area contributed by atoms with Gasteiger partial charge in [0.2, 0.25) is 0 Å². The van der Waals surface area contributed by atoms with Crippen LogP contribution in [0.5, 0.6) is 0 Å². The van der Waals surface area contributed by atoms with E-state index in [-0.39, 0.29) is 18.1 Å². The van der Waals surface area contributed by atoms with Crippen molar-refractivity contribution in [3.05, 3.63) is 42.0 Å². The standard InChI is InChI=1S/C23H29F3N6O/c24-23(25,26)18-4-3-17(21(13-18)30-9-1-2-10-30)14-29-11-7-20(8-12-29)32(19-5-6-19)22(33)31-16-27-15-28-31/h3-4,13,15-16,19-20H,1-2,5-12,14H2. The highest BCUT2D eigenvalue weighted by molar-refractivity contribution is 5.76. The Labute approximate surface area is 191 Å². The highest BCUT2D eigenvalue weighted by atomic mass is 19.4. The fourth-order valence-corrected chi connectivity index (χ4v) is 5.11. The number of amides is 1. The monoisotopic (exact) mass is 462 g/mol. The Balaban J connectivity index is 1.27. The molecule has 3 aliphatic rings. The van der Waals surface area contributed by atoms with Crippen LogP contribution in [0.2, 0.25) is 0 Å². The molecule has 1 amide bonds. The largest absolute Gasteiger partial charge is 0.416 e. The maximum atomic E-state index is 13.3. The van der Waals surface area contributed by atoms with Gasteiger partial charge in [0.25, 0.3) is 0 Å². The fourth-order valence-electron chi connectivity index (χ4n) is 5.11. The summed E-state index contributed by atoms with van der Waals surface area (Å²) in [4.78, 5) is 23.2. The maximum absolute atomic E-state index is 13.3. The molecule has 5 rings (SSSR count). The normalized spacial score (nSPS) is 20.4. The molecule has 0 spiro atoms. The van der Waals surface area contributed by atoms with Crippen molar-refractivity contribution in [2.24, 2.45) is 0 Å². The Bertz CT molecular complexity index is 961. The molecule has 3 heterocycles. The van der Waals surface area contributed by atoms with E-state index in [9.17, 15) is 18.0 Å². The molecule has 1 aromatic carbocycles. The number of hydrogen-bond donors (Lipinski definition) is 0. The first-order chi connectivity index (χ1) is 15.9. The number of rotatable bonds is 5. The minimum atomic E-state index is -4.34. The van der Waals surface area contributed by atoms with Gasteiger partial charge >= 0.3 is 12.2 Å². The van der Waals surface area contributed by atoms with Crippen molar-refractivity contribution in [2.45, 2.75) is 63.3 Å². The van der Waals surface area contributed by atoms with Gasteiger partial charge in [0.15, 0.2) is 0 Å². The van der Waals surface area contributed by atoms with Gasteiger partial charge in [0, 0.05) is 50.5 Å². The summed E-state index contributed by atoms with van der Waals surface area (Å²) in [6.45, 7) is 3.84. The van der Waals surface area contributed by atoms with Crippen molar-refractivity contribution >= 4 is 11.7 Å². The average Bonchev–Trinajstić information content (AvgIpc) is 3.26. The van der Waals surface area contributed by atoms with E-state index in [1.165, 1.54) is 29.5 Å². The molecule has 0 N–H and O–H groups in total. The third-order valence-corrected chi connectivity index (χ3v) is 6.98. The third-order valence-electron chi connectivity index (χ3n) is 6.98. The number of piperidine rings is 1. The molecule has 1 aromatic heterocycles. The first kappa shape index (κ1) is 22.2. The van der Waals surface area contributed by atoms with Gasteiger partial charge in [-0.05, 0) is 56.2 Å². The Morgan fingerprint density at radius 1 is 1.03 bits per heavy atom. The molecule has 7 nitrogen and oxygen atoms in total. The summed E-state index contributed by atoms with van der Waals surface area (Å²) in [5.74, 6) is 0. The van der Waals surface area contributed by atoms with Crippen LogP contribution < -0.4 is 4.90 Å². The average molecular weight is 463 g/mol. The van der Waals surface area contributed by atoms with E-state index in [0.29, 0.717) is 12.2 Å². The summed E-state index contributed by atoms with van der Waals surface area (Å²) in [7, 11) is 0. The number of aromatic nitrogens is 3. The molecule has 2 aliphatic heterocycles. The Morgan fingerprint density at radius 3 is 2.33 bits per heavy atom. The summed E-state index contributed by atoms with van der Waals surface area (Å²) in [6, 6.07) is 4.47. The van der Waals surface area contributed by atoms with Crippen LogP contribution in [0.25, 0.3) is 0 Å². The van der Waals surface area contributed by atoms with Crippen LogP contribution in [0.15, 0.2) is 30.9 Å². The Kier molecular flexibility index (Phi) is 6.03. The molecule has 2 aromatic rings. The van der Waals surface area contributed by atoms with Crippen molar-refractivity contribution in [1.82, 2.24) is 24.6 Å². The predicted octanol–water partition coefficient (Wildman–Crippen LogP) is 3.99. The van der Waals surface area contributed by atoms with E-state index < -0.39 is 11.7 Å². The van der Waals surface area contributed by atoms with Gasteiger partial charge < -0.3 is 9.80 Å². The Morgan fingerprint density at radius 2 is 1.73 bits per heavy atom. The first-order valence-corrected chi connectivity index (χ1v) is 11.7. The molecule has 0 unspecified atom stereocenters. The van der Waals surface area contributed by atoms with Gasteiger partial charge in [-0.2, -0.15) is 23.0 Å². The smallest absolute Gasteiger partial charge is 0.371 e. The molecule has 0 bridgehead atoms. The molecule has 178 valence electrons.